The molecule has 0 aliphatic heterocycles. The standard InChI is InChI=1S/C27H19FO7/c1-31-22-10-9-19-20(13-24(29)35-25(19)26(22)32-2)21-11-16-5-8-18(12-23(16)34-27(21)30)33-14-15-3-6-17(28)7-4-15/h3-13H,14H2,1-2H3. The molecule has 0 spiro atoms. The van der Waals surface area contributed by atoms with E-state index in [0.29, 0.717) is 33.4 Å². The van der Waals surface area contributed by atoms with Gasteiger partial charge in [0.2, 0.25) is 5.75 Å². The van der Waals surface area contributed by atoms with E-state index in [4.69, 9.17) is 23.0 Å². The van der Waals surface area contributed by atoms with E-state index in [-0.39, 0.29) is 29.3 Å². The third kappa shape index (κ3) is 4.21. The summed E-state index contributed by atoms with van der Waals surface area (Å²) in [7, 11) is 2.91. The van der Waals surface area contributed by atoms with Crippen molar-refractivity contribution < 1.29 is 27.4 Å². The molecule has 2 heterocycles. The molecule has 0 bridgehead atoms. The average Bonchev–Trinajstić information content (AvgIpc) is 2.86. The first-order valence-electron chi connectivity index (χ1n) is 10.6. The van der Waals surface area contributed by atoms with Crippen molar-refractivity contribution in [2.45, 2.75) is 6.61 Å². The van der Waals surface area contributed by atoms with Crippen LogP contribution in [0.3, 0.4) is 0 Å². The average molecular weight is 474 g/mol. The van der Waals surface area contributed by atoms with Crippen LogP contribution in [0.15, 0.2) is 85.2 Å². The Morgan fingerprint density at radius 2 is 1.63 bits per heavy atom. The maximum Gasteiger partial charge on any atom is 0.344 e. The predicted molar refractivity (Wildman–Crippen MR) is 128 cm³/mol. The Balaban J connectivity index is 1.56. The van der Waals surface area contributed by atoms with Gasteiger partial charge in [0, 0.05) is 28.5 Å². The number of rotatable bonds is 6. The number of benzene rings is 3. The van der Waals surface area contributed by atoms with E-state index < -0.39 is 11.3 Å². The summed E-state index contributed by atoms with van der Waals surface area (Å²) in [4.78, 5) is 25.3. The van der Waals surface area contributed by atoms with Crippen molar-refractivity contribution in [3.8, 4) is 28.4 Å². The molecule has 0 N–H and O–H groups in total. The molecule has 0 radical (unpaired) electrons. The third-order valence-electron chi connectivity index (χ3n) is 5.57. The molecule has 2 aromatic heterocycles. The number of fused-ring (bicyclic) bond motifs is 2. The molecule has 8 heteroatoms. The second-order valence-corrected chi connectivity index (χ2v) is 7.72. The molecule has 0 unspecified atom stereocenters. The van der Waals surface area contributed by atoms with Gasteiger partial charge in [-0.1, -0.05) is 12.1 Å². The fourth-order valence-electron chi connectivity index (χ4n) is 3.88. The van der Waals surface area contributed by atoms with Crippen LogP contribution in [0.1, 0.15) is 5.56 Å². The Morgan fingerprint density at radius 1 is 0.829 bits per heavy atom. The maximum atomic E-state index is 13.1. The lowest BCUT2D eigenvalue weighted by Gasteiger charge is -2.12. The van der Waals surface area contributed by atoms with Crippen LogP contribution in [0.25, 0.3) is 33.1 Å². The number of hydrogen-bond acceptors (Lipinski definition) is 7. The van der Waals surface area contributed by atoms with Crippen LogP contribution in [0.4, 0.5) is 4.39 Å². The Kier molecular flexibility index (Phi) is 5.70. The third-order valence-corrected chi connectivity index (χ3v) is 5.57. The fourth-order valence-corrected chi connectivity index (χ4v) is 3.88. The van der Waals surface area contributed by atoms with Crippen LogP contribution in [-0.2, 0) is 6.61 Å². The minimum absolute atomic E-state index is 0.165. The number of halogens is 1. The van der Waals surface area contributed by atoms with Crippen LogP contribution in [0, 0.1) is 5.82 Å². The zero-order chi connectivity index (χ0) is 24.5. The van der Waals surface area contributed by atoms with Gasteiger partial charge in [0.05, 0.1) is 19.8 Å². The quantitative estimate of drug-likeness (QED) is 0.309. The van der Waals surface area contributed by atoms with Crippen molar-refractivity contribution >= 4 is 21.9 Å². The van der Waals surface area contributed by atoms with Crippen molar-refractivity contribution in [3.05, 3.63) is 99.0 Å². The molecular weight excluding hydrogens is 455 g/mol. The molecule has 0 amide bonds. The summed E-state index contributed by atoms with van der Waals surface area (Å²) >= 11 is 0. The van der Waals surface area contributed by atoms with E-state index >= 15 is 0 Å². The molecule has 5 aromatic rings. The summed E-state index contributed by atoms with van der Waals surface area (Å²) < 4.78 is 40.4. The lowest BCUT2D eigenvalue weighted by molar-refractivity contribution is 0.306. The predicted octanol–water partition coefficient (Wildman–Crippen LogP) is 5.30. The highest BCUT2D eigenvalue weighted by Gasteiger charge is 2.19. The summed E-state index contributed by atoms with van der Waals surface area (Å²) in [5, 5.41) is 1.13. The molecular formula is C27H19FO7. The molecule has 176 valence electrons. The van der Waals surface area contributed by atoms with Crippen molar-refractivity contribution in [2.75, 3.05) is 14.2 Å². The van der Waals surface area contributed by atoms with E-state index in [1.807, 2.05) is 0 Å². The molecule has 5 rings (SSSR count). The van der Waals surface area contributed by atoms with Gasteiger partial charge in [0.1, 0.15) is 23.8 Å². The van der Waals surface area contributed by atoms with Gasteiger partial charge in [-0.15, -0.1) is 0 Å². The first-order chi connectivity index (χ1) is 17.0. The SMILES string of the molecule is COc1ccc2c(-c3cc4ccc(OCc5ccc(F)cc5)cc4oc3=O)cc(=O)oc2c1OC. The van der Waals surface area contributed by atoms with E-state index in [1.165, 1.54) is 32.4 Å². The second kappa shape index (κ2) is 8.98. The molecule has 0 aliphatic carbocycles. The van der Waals surface area contributed by atoms with Crippen LogP contribution in [0.5, 0.6) is 17.2 Å². The van der Waals surface area contributed by atoms with Crippen molar-refractivity contribution in [2.24, 2.45) is 0 Å². The zero-order valence-electron chi connectivity index (χ0n) is 18.8. The maximum absolute atomic E-state index is 13.1. The fraction of sp³-hybridized carbons (Fsp3) is 0.111. The molecule has 7 nitrogen and oxygen atoms in total. The molecule has 0 fully saturated rings. The van der Waals surface area contributed by atoms with Gasteiger partial charge in [-0.3, -0.25) is 0 Å². The van der Waals surface area contributed by atoms with Crippen molar-refractivity contribution in [1.82, 2.24) is 0 Å². The first-order valence-corrected chi connectivity index (χ1v) is 10.6. The minimum Gasteiger partial charge on any atom is -0.493 e. The largest absolute Gasteiger partial charge is 0.493 e. The number of hydrogen-bond donors (Lipinski definition) is 0. The smallest absolute Gasteiger partial charge is 0.344 e. The van der Waals surface area contributed by atoms with Crippen LogP contribution in [-0.4, -0.2) is 14.2 Å². The molecule has 0 saturated heterocycles. The van der Waals surface area contributed by atoms with Gasteiger partial charge in [-0.05, 0) is 48.0 Å². The zero-order valence-corrected chi connectivity index (χ0v) is 18.8. The number of ether oxygens (including phenoxy) is 3. The summed E-state index contributed by atoms with van der Waals surface area (Å²) in [5.41, 5.74) is 0.551. The Bertz CT molecular complexity index is 1670. The van der Waals surface area contributed by atoms with E-state index in [2.05, 4.69) is 0 Å². The topological polar surface area (TPSA) is 88.1 Å². The minimum atomic E-state index is -0.650. The van der Waals surface area contributed by atoms with E-state index in [1.54, 1.807) is 48.5 Å². The van der Waals surface area contributed by atoms with Gasteiger partial charge in [0.15, 0.2) is 11.3 Å². The lowest BCUT2D eigenvalue weighted by Crippen LogP contribution is -2.07. The highest BCUT2D eigenvalue weighted by atomic mass is 19.1. The highest BCUT2D eigenvalue weighted by molar-refractivity contribution is 5.98. The van der Waals surface area contributed by atoms with E-state index in [9.17, 15) is 14.0 Å². The van der Waals surface area contributed by atoms with Crippen molar-refractivity contribution in [1.29, 1.82) is 0 Å². The summed E-state index contributed by atoms with van der Waals surface area (Å²) in [5.74, 6) is 0.801. The van der Waals surface area contributed by atoms with Gasteiger partial charge < -0.3 is 23.0 Å². The van der Waals surface area contributed by atoms with Crippen LogP contribution < -0.4 is 25.5 Å². The first kappa shape index (κ1) is 22.2. The Labute approximate surface area is 197 Å². The second-order valence-electron chi connectivity index (χ2n) is 7.72. The summed E-state index contributed by atoms with van der Waals surface area (Å²) in [6, 6.07) is 17.3. The lowest BCUT2D eigenvalue weighted by atomic mass is 10.0. The molecule has 0 aliphatic rings. The monoisotopic (exact) mass is 474 g/mol. The van der Waals surface area contributed by atoms with Crippen LogP contribution >= 0.6 is 0 Å². The highest BCUT2D eigenvalue weighted by Crippen LogP contribution is 2.38. The van der Waals surface area contributed by atoms with Crippen LogP contribution in [0.2, 0.25) is 0 Å². The number of methoxy groups -OCH3 is 2. The summed E-state index contributed by atoms with van der Waals surface area (Å²) in [6.07, 6.45) is 0. The van der Waals surface area contributed by atoms with Gasteiger partial charge in [0.25, 0.3) is 0 Å². The summed E-state index contributed by atoms with van der Waals surface area (Å²) in [6.45, 7) is 0.227. The molecule has 35 heavy (non-hydrogen) atoms. The Morgan fingerprint density at radius 3 is 2.37 bits per heavy atom. The molecule has 0 atom stereocenters. The van der Waals surface area contributed by atoms with Crippen molar-refractivity contribution in [3.63, 3.8) is 0 Å². The van der Waals surface area contributed by atoms with Gasteiger partial charge >= 0.3 is 11.3 Å². The normalized spacial score (nSPS) is 11.1. The molecule has 0 saturated carbocycles. The van der Waals surface area contributed by atoms with Gasteiger partial charge in [-0.25, -0.2) is 14.0 Å². The van der Waals surface area contributed by atoms with Gasteiger partial charge in [-0.2, -0.15) is 0 Å². The van der Waals surface area contributed by atoms with E-state index in [0.717, 1.165) is 5.56 Å². The molecule has 3 aromatic carbocycles. The Hall–Kier alpha value is -4.59.